The van der Waals surface area contributed by atoms with Gasteiger partial charge in [0, 0.05) is 17.6 Å². The minimum atomic E-state index is 0.806. The molecule has 0 bridgehead atoms. The van der Waals surface area contributed by atoms with Crippen LogP contribution in [0.25, 0.3) is 10.9 Å². The molecule has 3 rings (SSSR count). The number of benzene rings is 1. The molecule has 18 heavy (non-hydrogen) atoms. The lowest BCUT2D eigenvalue weighted by Crippen LogP contribution is -2.18. The number of hydrogen-bond acceptors (Lipinski definition) is 2. The van der Waals surface area contributed by atoms with Gasteiger partial charge in [0.1, 0.15) is 0 Å². The molecule has 0 spiro atoms. The second-order valence-electron chi connectivity index (χ2n) is 5.08. The van der Waals surface area contributed by atoms with Gasteiger partial charge in [0.15, 0.2) is 0 Å². The number of fused-ring (bicyclic) bond motifs is 1. The first-order valence-corrected chi connectivity index (χ1v) is 6.88. The molecular formula is C15H17ClN2. The molecule has 1 aromatic carbocycles. The maximum atomic E-state index is 6.30. The summed E-state index contributed by atoms with van der Waals surface area (Å²) in [5.41, 5.74) is 3.29. The molecule has 0 aliphatic carbocycles. The number of rotatable bonds is 2. The molecule has 1 aliphatic heterocycles. The van der Waals surface area contributed by atoms with Gasteiger partial charge in [-0.2, -0.15) is 0 Å². The van der Waals surface area contributed by atoms with Gasteiger partial charge in [0.2, 0.25) is 0 Å². The Morgan fingerprint density at radius 2 is 2.00 bits per heavy atom. The summed E-state index contributed by atoms with van der Waals surface area (Å²) in [6.45, 7) is 5.44. The van der Waals surface area contributed by atoms with Crippen LogP contribution in [0, 0.1) is 6.92 Å². The molecule has 2 nitrogen and oxygen atoms in total. The molecule has 2 heterocycles. The lowest BCUT2D eigenvalue weighted by atomic mass is 10.1. The molecule has 2 aromatic rings. The monoisotopic (exact) mass is 260 g/mol. The normalized spacial score (nSPS) is 16.6. The van der Waals surface area contributed by atoms with Crippen molar-refractivity contribution in [3.05, 3.63) is 40.5 Å². The van der Waals surface area contributed by atoms with Crippen molar-refractivity contribution in [1.82, 2.24) is 9.88 Å². The Morgan fingerprint density at radius 1 is 1.22 bits per heavy atom. The zero-order chi connectivity index (χ0) is 12.5. The molecule has 0 N–H and O–H groups in total. The molecule has 0 unspecified atom stereocenters. The van der Waals surface area contributed by atoms with E-state index >= 15 is 0 Å². The fourth-order valence-corrected chi connectivity index (χ4v) is 2.96. The van der Waals surface area contributed by atoms with E-state index in [1.807, 2.05) is 13.0 Å². The molecule has 3 heteroatoms. The largest absolute Gasteiger partial charge is 0.299 e. The first kappa shape index (κ1) is 11.9. The average molecular weight is 261 g/mol. The summed E-state index contributed by atoms with van der Waals surface area (Å²) in [5, 5.41) is 1.87. The van der Waals surface area contributed by atoms with Gasteiger partial charge in [-0.3, -0.25) is 9.88 Å². The van der Waals surface area contributed by atoms with Crippen molar-refractivity contribution in [3.63, 3.8) is 0 Å². The van der Waals surface area contributed by atoms with Crippen molar-refractivity contribution >= 4 is 22.5 Å². The van der Waals surface area contributed by atoms with Gasteiger partial charge >= 0.3 is 0 Å². The fraction of sp³-hybridized carbons (Fsp3) is 0.400. The lowest BCUT2D eigenvalue weighted by molar-refractivity contribution is 0.331. The van der Waals surface area contributed by atoms with Crippen LogP contribution in [0.5, 0.6) is 0 Å². The summed E-state index contributed by atoms with van der Waals surface area (Å²) in [6, 6.07) is 8.37. The molecule has 1 saturated heterocycles. The molecule has 0 atom stereocenters. The Balaban J connectivity index is 1.94. The number of nitrogens with zero attached hydrogens (tertiary/aromatic N) is 2. The summed E-state index contributed by atoms with van der Waals surface area (Å²) >= 11 is 6.30. The van der Waals surface area contributed by atoms with E-state index in [1.54, 1.807) is 0 Å². The van der Waals surface area contributed by atoms with Crippen molar-refractivity contribution in [1.29, 1.82) is 0 Å². The summed E-state index contributed by atoms with van der Waals surface area (Å²) in [7, 11) is 0. The van der Waals surface area contributed by atoms with Gasteiger partial charge in [-0.1, -0.05) is 17.7 Å². The first-order chi connectivity index (χ1) is 8.72. The van der Waals surface area contributed by atoms with E-state index < -0.39 is 0 Å². The minimum absolute atomic E-state index is 0.806. The van der Waals surface area contributed by atoms with Crippen LogP contribution in [0.3, 0.4) is 0 Å². The second kappa shape index (κ2) is 4.87. The third-order valence-corrected chi connectivity index (χ3v) is 3.87. The van der Waals surface area contributed by atoms with E-state index in [0.717, 1.165) is 28.2 Å². The molecular weight excluding hydrogens is 244 g/mol. The zero-order valence-electron chi connectivity index (χ0n) is 10.6. The Hall–Kier alpha value is -1.12. The number of likely N-dealkylation sites (tertiary alicyclic amines) is 1. The number of aromatic nitrogens is 1. The van der Waals surface area contributed by atoms with E-state index in [4.69, 9.17) is 11.6 Å². The predicted octanol–water partition coefficient (Wildman–Crippen LogP) is 3.79. The number of halogens is 1. The summed E-state index contributed by atoms with van der Waals surface area (Å²) in [6.07, 6.45) is 2.66. The Labute approximate surface area is 113 Å². The van der Waals surface area contributed by atoms with Crippen molar-refractivity contribution < 1.29 is 0 Å². The molecule has 94 valence electrons. The third-order valence-electron chi connectivity index (χ3n) is 3.56. The van der Waals surface area contributed by atoms with E-state index in [1.165, 1.54) is 31.5 Å². The highest BCUT2D eigenvalue weighted by molar-refractivity contribution is 6.35. The van der Waals surface area contributed by atoms with Gasteiger partial charge in [0.05, 0.1) is 10.5 Å². The van der Waals surface area contributed by atoms with Crippen LogP contribution >= 0.6 is 11.6 Å². The highest BCUT2D eigenvalue weighted by atomic mass is 35.5. The molecule has 1 aromatic heterocycles. The summed E-state index contributed by atoms with van der Waals surface area (Å²) in [5.74, 6) is 0. The zero-order valence-corrected chi connectivity index (χ0v) is 11.4. The van der Waals surface area contributed by atoms with E-state index in [2.05, 4.69) is 28.1 Å². The smallest absolute Gasteiger partial charge is 0.0720 e. The number of pyridine rings is 1. The first-order valence-electron chi connectivity index (χ1n) is 6.50. The number of hydrogen-bond donors (Lipinski definition) is 0. The average Bonchev–Trinajstić information content (AvgIpc) is 2.83. The van der Waals surface area contributed by atoms with Crippen LogP contribution in [-0.4, -0.2) is 23.0 Å². The maximum Gasteiger partial charge on any atom is 0.0720 e. The number of aryl methyl sites for hydroxylation is 1. The maximum absolute atomic E-state index is 6.30. The van der Waals surface area contributed by atoms with Gasteiger partial charge in [0.25, 0.3) is 0 Å². The molecule has 0 radical (unpaired) electrons. The van der Waals surface area contributed by atoms with E-state index in [9.17, 15) is 0 Å². The fourth-order valence-electron chi connectivity index (χ4n) is 2.65. The van der Waals surface area contributed by atoms with E-state index in [0.29, 0.717) is 0 Å². The quantitative estimate of drug-likeness (QED) is 0.817. The van der Waals surface area contributed by atoms with Gasteiger partial charge in [-0.25, -0.2) is 0 Å². The Bertz CT molecular complexity index is 574. The Morgan fingerprint density at radius 3 is 2.78 bits per heavy atom. The van der Waals surface area contributed by atoms with Crippen LogP contribution in [0.1, 0.15) is 24.1 Å². The van der Waals surface area contributed by atoms with Crippen LogP contribution in [0.4, 0.5) is 0 Å². The summed E-state index contributed by atoms with van der Waals surface area (Å²) < 4.78 is 0. The van der Waals surface area contributed by atoms with Crippen LogP contribution in [-0.2, 0) is 6.54 Å². The van der Waals surface area contributed by atoms with Crippen LogP contribution in [0.2, 0.25) is 5.02 Å². The highest BCUT2D eigenvalue weighted by Gasteiger charge is 2.12. The summed E-state index contributed by atoms with van der Waals surface area (Å²) in [4.78, 5) is 7.01. The predicted molar refractivity (Wildman–Crippen MR) is 76.0 cm³/mol. The minimum Gasteiger partial charge on any atom is -0.299 e. The van der Waals surface area contributed by atoms with Crippen molar-refractivity contribution in [3.8, 4) is 0 Å². The van der Waals surface area contributed by atoms with Crippen molar-refractivity contribution in [2.75, 3.05) is 13.1 Å². The van der Waals surface area contributed by atoms with Crippen molar-refractivity contribution in [2.45, 2.75) is 26.3 Å². The third kappa shape index (κ3) is 2.36. The molecule has 0 saturated carbocycles. The van der Waals surface area contributed by atoms with Crippen molar-refractivity contribution in [2.24, 2.45) is 0 Å². The molecule has 1 aliphatic rings. The highest BCUT2D eigenvalue weighted by Crippen LogP contribution is 2.25. The van der Waals surface area contributed by atoms with Crippen LogP contribution in [0.15, 0.2) is 24.3 Å². The lowest BCUT2D eigenvalue weighted by Gasteiger charge is -2.15. The SMILES string of the molecule is Cc1cc(Cl)c2cc(CN3CCCC3)ccc2n1. The molecule has 0 amide bonds. The standard InChI is InChI=1S/C15H17ClN2/c1-11-8-14(16)13-9-12(4-5-15(13)17-11)10-18-6-2-3-7-18/h4-5,8-9H,2-3,6-7,10H2,1H3. The second-order valence-corrected chi connectivity index (χ2v) is 5.49. The molecule has 1 fully saturated rings. The topological polar surface area (TPSA) is 16.1 Å². The Kier molecular flexibility index (Phi) is 3.23. The van der Waals surface area contributed by atoms with E-state index in [-0.39, 0.29) is 0 Å². The van der Waals surface area contributed by atoms with Gasteiger partial charge < -0.3 is 0 Å². The van der Waals surface area contributed by atoms with Gasteiger partial charge in [-0.05, 0) is 56.6 Å². The van der Waals surface area contributed by atoms with Gasteiger partial charge in [-0.15, -0.1) is 0 Å². The van der Waals surface area contributed by atoms with Crippen LogP contribution < -0.4 is 0 Å².